The van der Waals surface area contributed by atoms with E-state index in [2.05, 4.69) is 5.32 Å². The third-order valence-corrected chi connectivity index (χ3v) is 3.49. The molecule has 1 fully saturated rings. The van der Waals surface area contributed by atoms with Crippen molar-refractivity contribution in [2.45, 2.75) is 32.7 Å². The first kappa shape index (κ1) is 15.3. The number of anilines is 1. The van der Waals surface area contributed by atoms with E-state index in [1.807, 2.05) is 13.8 Å². The van der Waals surface area contributed by atoms with Gasteiger partial charge >= 0.3 is 12.0 Å². The molecule has 2 rings (SSSR count). The van der Waals surface area contributed by atoms with Gasteiger partial charge in [-0.15, -0.1) is 0 Å². The van der Waals surface area contributed by atoms with Crippen LogP contribution in [0.3, 0.4) is 0 Å². The number of carbonyl (C=O) groups is 2. The summed E-state index contributed by atoms with van der Waals surface area (Å²) in [6, 6.07) is 3.32. The lowest BCUT2D eigenvalue weighted by atomic mass is 10.2. The second-order valence-electron chi connectivity index (χ2n) is 5.62. The first-order chi connectivity index (χ1) is 9.88. The van der Waals surface area contributed by atoms with Crippen molar-refractivity contribution in [1.82, 2.24) is 4.90 Å². The SMILES string of the molecule is CC(C)N(CC1CC1)C(=O)Nc1ccc(C(=O)O)c(F)c1. The Labute approximate surface area is 122 Å². The Morgan fingerprint density at radius 3 is 2.57 bits per heavy atom. The maximum atomic E-state index is 13.6. The van der Waals surface area contributed by atoms with Gasteiger partial charge in [0, 0.05) is 18.3 Å². The van der Waals surface area contributed by atoms with Gasteiger partial charge in [0.2, 0.25) is 0 Å². The van der Waals surface area contributed by atoms with Crippen molar-refractivity contribution < 1.29 is 19.1 Å². The van der Waals surface area contributed by atoms with Gasteiger partial charge < -0.3 is 15.3 Å². The molecule has 21 heavy (non-hydrogen) atoms. The van der Waals surface area contributed by atoms with Crippen molar-refractivity contribution in [2.24, 2.45) is 5.92 Å². The first-order valence-electron chi connectivity index (χ1n) is 6.99. The monoisotopic (exact) mass is 294 g/mol. The average Bonchev–Trinajstić information content (AvgIpc) is 3.18. The molecule has 0 aromatic heterocycles. The fraction of sp³-hybridized carbons (Fsp3) is 0.467. The summed E-state index contributed by atoms with van der Waals surface area (Å²) in [5, 5.41) is 11.4. The average molecular weight is 294 g/mol. The number of urea groups is 1. The van der Waals surface area contributed by atoms with E-state index in [1.165, 1.54) is 6.07 Å². The molecule has 1 aromatic rings. The number of hydrogen-bond donors (Lipinski definition) is 2. The Bertz CT molecular complexity index is 556. The molecule has 0 bridgehead atoms. The lowest BCUT2D eigenvalue weighted by Gasteiger charge is -2.27. The molecule has 0 aliphatic heterocycles. The first-order valence-corrected chi connectivity index (χ1v) is 6.99. The van der Waals surface area contributed by atoms with Crippen molar-refractivity contribution in [2.75, 3.05) is 11.9 Å². The molecule has 1 saturated carbocycles. The van der Waals surface area contributed by atoms with Crippen molar-refractivity contribution in [3.05, 3.63) is 29.6 Å². The number of carboxylic acids is 1. The Hall–Kier alpha value is -2.11. The van der Waals surface area contributed by atoms with E-state index >= 15 is 0 Å². The summed E-state index contributed by atoms with van der Waals surface area (Å²) in [5.74, 6) is -1.63. The van der Waals surface area contributed by atoms with E-state index in [-0.39, 0.29) is 17.8 Å². The third-order valence-electron chi connectivity index (χ3n) is 3.49. The minimum absolute atomic E-state index is 0.0498. The highest BCUT2D eigenvalue weighted by atomic mass is 19.1. The number of halogens is 1. The maximum Gasteiger partial charge on any atom is 0.338 e. The number of nitrogens with zero attached hydrogens (tertiary/aromatic N) is 1. The van der Waals surface area contributed by atoms with Gasteiger partial charge in [0.05, 0.1) is 5.56 Å². The number of rotatable bonds is 5. The summed E-state index contributed by atoms with van der Waals surface area (Å²) in [5.41, 5.74) is -0.157. The molecule has 0 unspecified atom stereocenters. The Balaban J connectivity index is 2.06. The van der Waals surface area contributed by atoms with Crippen LogP contribution in [0, 0.1) is 11.7 Å². The van der Waals surface area contributed by atoms with E-state index < -0.39 is 17.3 Å². The largest absolute Gasteiger partial charge is 0.478 e. The molecule has 0 heterocycles. The smallest absolute Gasteiger partial charge is 0.338 e. The van der Waals surface area contributed by atoms with Gasteiger partial charge in [-0.2, -0.15) is 0 Å². The van der Waals surface area contributed by atoms with Crippen LogP contribution in [0.15, 0.2) is 18.2 Å². The molecule has 1 aliphatic rings. The second kappa shape index (κ2) is 6.11. The third kappa shape index (κ3) is 3.93. The van der Waals surface area contributed by atoms with E-state index in [4.69, 9.17) is 5.11 Å². The van der Waals surface area contributed by atoms with Crippen molar-refractivity contribution >= 4 is 17.7 Å². The minimum atomic E-state index is -1.33. The molecule has 0 atom stereocenters. The number of carboxylic acid groups (broad SMARTS) is 1. The van der Waals surface area contributed by atoms with Crippen LogP contribution < -0.4 is 5.32 Å². The number of amides is 2. The molecule has 0 spiro atoms. The highest BCUT2D eigenvalue weighted by molar-refractivity contribution is 5.92. The lowest BCUT2D eigenvalue weighted by molar-refractivity contribution is 0.0692. The van der Waals surface area contributed by atoms with Crippen LogP contribution in [0.1, 0.15) is 37.0 Å². The van der Waals surface area contributed by atoms with Gasteiger partial charge in [0.1, 0.15) is 5.82 Å². The van der Waals surface area contributed by atoms with Crippen molar-refractivity contribution in [1.29, 1.82) is 0 Å². The molecular formula is C15H19FN2O3. The number of aromatic carboxylic acids is 1. The predicted molar refractivity (Wildman–Crippen MR) is 76.9 cm³/mol. The summed E-state index contributed by atoms with van der Waals surface area (Å²) in [6.45, 7) is 4.55. The molecule has 1 aliphatic carbocycles. The summed E-state index contributed by atoms with van der Waals surface area (Å²) >= 11 is 0. The van der Waals surface area contributed by atoms with Crippen LogP contribution in [0.5, 0.6) is 0 Å². The summed E-state index contributed by atoms with van der Waals surface area (Å²) in [7, 11) is 0. The van der Waals surface area contributed by atoms with Crippen LogP contribution in [0.2, 0.25) is 0 Å². The minimum Gasteiger partial charge on any atom is -0.478 e. The van der Waals surface area contributed by atoms with E-state index in [0.717, 1.165) is 25.0 Å². The Morgan fingerprint density at radius 2 is 2.10 bits per heavy atom. The van der Waals surface area contributed by atoms with Gasteiger partial charge in [-0.05, 0) is 50.8 Å². The van der Waals surface area contributed by atoms with Crippen LogP contribution in [-0.4, -0.2) is 34.6 Å². The second-order valence-corrected chi connectivity index (χ2v) is 5.62. The van der Waals surface area contributed by atoms with Crippen molar-refractivity contribution in [3.8, 4) is 0 Å². The number of hydrogen-bond acceptors (Lipinski definition) is 2. The van der Waals surface area contributed by atoms with Gasteiger partial charge in [-0.25, -0.2) is 14.0 Å². The van der Waals surface area contributed by atoms with E-state index in [9.17, 15) is 14.0 Å². The van der Waals surface area contributed by atoms with Gasteiger partial charge in [0.15, 0.2) is 0 Å². The van der Waals surface area contributed by atoms with Crippen LogP contribution in [0.25, 0.3) is 0 Å². The predicted octanol–water partition coefficient (Wildman–Crippen LogP) is 3.18. The van der Waals surface area contributed by atoms with E-state index in [0.29, 0.717) is 12.5 Å². The molecule has 1 aromatic carbocycles. The Morgan fingerprint density at radius 1 is 1.43 bits per heavy atom. The van der Waals surface area contributed by atoms with Crippen LogP contribution >= 0.6 is 0 Å². The lowest BCUT2D eigenvalue weighted by Crippen LogP contribution is -2.41. The highest BCUT2D eigenvalue weighted by Crippen LogP contribution is 2.30. The topological polar surface area (TPSA) is 69.6 Å². The van der Waals surface area contributed by atoms with E-state index in [1.54, 1.807) is 4.90 Å². The highest BCUT2D eigenvalue weighted by Gasteiger charge is 2.28. The normalized spacial score (nSPS) is 14.1. The summed E-state index contributed by atoms with van der Waals surface area (Å²) < 4.78 is 13.6. The molecule has 2 N–H and O–H groups in total. The standard InChI is InChI=1S/C15H19FN2O3/c1-9(2)18(8-10-3-4-10)15(21)17-11-5-6-12(14(19)20)13(16)7-11/h5-7,9-10H,3-4,8H2,1-2H3,(H,17,21)(H,19,20). The molecule has 0 radical (unpaired) electrons. The van der Waals surface area contributed by atoms with Crippen molar-refractivity contribution in [3.63, 3.8) is 0 Å². The quantitative estimate of drug-likeness (QED) is 0.876. The maximum absolute atomic E-state index is 13.6. The van der Waals surface area contributed by atoms with Crippen LogP contribution in [0.4, 0.5) is 14.9 Å². The zero-order valence-corrected chi connectivity index (χ0v) is 12.1. The molecule has 5 nitrogen and oxygen atoms in total. The Kier molecular flexibility index (Phi) is 4.45. The number of carbonyl (C=O) groups excluding carboxylic acids is 1. The molecule has 2 amide bonds. The molecule has 114 valence electrons. The molecular weight excluding hydrogens is 275 g/mol. The zero-order valence-electron chi connectivity index (χ0n) is 12.1. The zero-order chi connectivity index (χ0) is 15.6. The fourth-order valence-corrected chi connectivity index (χ4v) is 2.07. The fourth-order valence-electron chi connectivity index (χ4n) is 2.07. The van der Waals surface area contributed by atoms with Gasteiger partial charge in [0.25, 0.3) is 0 Å². The number of benzene rings is 1. The number of nitrogens with one attached hydrogen (secondary N) is 1. The molecule has 0 saturated heterocycles. The summed E-state index contributed by atoms with van der Waals surface area (Å²) in [4.78, 5) is 24.7. The molecule has 6 heteroatoms. The van der Waals surface area contributed by atoms with Gasteiger partial charge in [-0.1, -0.05) is 0 Å². The van der Waals surface area contributed by atoms with Crippen LogP contribution in [-0.2, 0) is 0 Å². The summed E-state index contributed by atoms with van der Waals surface area (Å²) in [6.07, 6.45) is 2.27. The van der Waals surface area contributed by atoms with Gasteiger partial charge in [-0.3, -0.25) is 0 Å².